The van der Waals surface area contributed by atoms with Gasteiger partial charge in [0.1, 0.15) is 0 Å². The van der Waals surface area contributed by atoms with Gasteiger partial charge in [-0.3, -0.25) is 0 Å². The second-order valence-corrected chi connectivity index (χ2v) is 4.38. The Balaban J connectivity index is 2.68. The summed E-state index contributed by atoms with van der Waals surface area (Å²) >= 11 is 0. The van der Waals surface area contributed by atoms with Gasteiger partial charge in [-0.15, -0.1) is 0 Å². The van der Waals surface area contributed by atoms with Crippen molar-refractivity contribution in [2.24, 2.45) is 0 Å². The minimum Gasteiger partial charge on any atom is -0.399 e. The Kier molecular flexibility index (Phi) is 3.39. The van der Waals surface area contributed by atoms with Crippen LogP contribution >= 0.6 is 0 Å². The fourth-order valence-electron chi connectivity index (χ4n) is 1.69. The molecule has 0 heterocycles. The van der Waals surface area contributed by atoms with Crippen molar-refractivity contribution >= 4 is 11.4 Å². The standard InChI is InChI=1S/C12H20N2/c1-4-8-12(2,3)14-11-7-5-6-10(13)9-11/h5-7,9,14H,4,8,13H2,1-3H3. The van der Waals surface area contributed by atoms with Crippen LogP contribution in [0.15, 0.2) is 24.3 Å². The molecule has 2 nitrogen and oxygen atoms in total. The van der Waals surface area contributed by atoms with Gasteiger partial charge < -0.3 is 11.1 Å². The van der Waals surface area contributed by atoms with E-state index < -0.39 is 0 Å². The summed E-state index contributed by atoms with van der Waals surface area (Å²) in [7, 11) is 0. The van der Waals surface area contributed by atoms with Gasteiger partial charge in [0.05, 0.1) is 0 Å². The van der Waals surface area contributed by atoms with Gasteiger partial charge in [0.25, 0.3) is 0 Å². The van der Waals surface area contributed by atoms with E-state index in [-0.39, 0.29) is 5.54 Å². The first kappa shape index (κ1) is 10.9. The Labute approximate surface area is 86.5 Å². The molecule has 0 atom stereocenters. The average molecular weight is 192 g/mol. The molecule has 3 N–H and O–H groups in total. The Morgan fingerprint density at radius 1 is 1.36 bits per heavy atom. The molecule has 0 fully saturated rings. The van der Waals surface area contributed by atoms with Crippen LogP contribution in [0.3, 0.4) is 0 Å². The van der Waals surface area contributed by atoms with Gasteiger partial charge in [0, 0.05) is 16.9 Å². The van der Waals surface area contributed by atoms with Crippen molar-refractivity contribution in [3.05, 3.63) is 24.3 Å². The van der Waals surface area contributed by atoms with Gasteiger partial charge >= 0.3 is 0 Å². The maximum absolute atomic E-state index is 5.71. The van der Waals surface area contributed by atoms with E-state index in [1.54, 1.807) is 0 Å². The van der Waals surface area contributed by atoms with Crippen molar-refractivity contribution in [2.45, 2.75) is 39.2 Å². The van der Waals surface area contributed by atoms with E-state index in [1.165, 1.54) is 6.42 Å². The average Bonchev–Trinajstić information content (AvgIpc) is 2.02. The van der Waals surface area contributed by atoms with Crippen LogP contribution < -0.4 is 11.1 Å². The zero-order valence-corrected chi connectivity index (χ0v) is 9.30. The van der Waals surface area contributed by atoms with E-state index in [1.807, 2.05) is 24.3 Å². The Morgan fingerprint density at radius 3 is 2.64 bits per heavy atom. The topological polar surface area (TPSA) is 38.0 Å². The number of nitrogens with one attached hydrogen (secondary N) is 1. The molecule has 1 aromatic rings. The van der Waals surface area contributed by atoms with Crippen LogP contribution in [-0.4, -0.2) is 5.54 Å². The minimum absolute atomic E-state index is 0.141. The Bertz CT molecular complexity index is 292. The number of nitrogen functional groups attached to an aromatic ring is 1. The van der Waals surface area contributed by atoms with Crippen LogP contribution in [0.1, 0.15) is 33.6 Å². The third-order valence-electron chi connectivity index (χ3n) is 2.24. The number of nitrogens with two attached hydrogens (primary N) is 1. The van der Waals surface area contributed by atoms with Crippen LogP contribution in [0.4, 0.5) is 11.4 Å². The molecule has 0 saturated heterocycles. The molecule has 0 unspecified atom stereocenters. The van der Waals surface area contributed by atoms with Crippen molar-refractivity contribution in [3.8, 4) is 0 Å². The summed E-state index contributed by atoms with van der Waals surface area (Å²) in [4.78, 5) is 0. The lowest BCUT2D eigenvalue weighted by atomic mass is 9.98. The lowest BCUT2D eigenvalue weighted by molar-refractivity contribution is 0.511. The lowest BCUT2D eigenvalue weighted by Crippen LogP contribution is -2.30. The van der Waals surface area contributed by atoms with E-state index in [2.05, 4.69) is 26.1 Å². The highest BCUT2D eigenvalue weighted by molar-refractivity contribution is 5.55. The third-order valence-corrected chi connectivity index (χ3v) is 2.24. The van der Waals surface area contributed by atoms with Crippen molar-refractivity contribution in [2.75, 3.05) is 11.1 Å². The van der Waals surface area contributed by atoms with Crippen molar-refractivity contribution < 1.29 is 0 Å². The quantitative estimate of drug-likeness (QED) is 0.719. The predicted molar refractivity (Wildman–Crippen MR) is 63.5 cm³/mol. The van der Waals surface area contributed by atoms with Crippen LogP contribution in [0.5, 0.6) is 0 Å². The first-order valence-corrected chi connectivity index (χ1v) is 5.17. The largest absolute Gasteiger partial charge is 0.399 e. The second kappa shape index (κ2) is 4.36. The summed E-state index contributed by atoms with van der Waals surface area (Å²) in [6.07, 6.45) is 2.34. The zero-order valence-electron chi connectivity index (χ0n) is 9.30. The summed E-state index contributed by atoms with van der Waals surface area (Å²) in [5, 5.41) is 3.48. The zero-order chi connectivity index (χ0) is 10.6. The van der Waals surface area contributed by atoms with Gasteiger partial charge in [-0.25, -0.2) is 0 Å². The molecule has 0 aromatic heterocycles. The van der Waals surface area contributed by atoms with E-state index in [4.69, 9.17) is 5.73 Å². The van der Waals surface area contributed by atoms with Crippen molar-refractivity contribution in [3.63, 3.8) is 0 Å². The van der Waals surface area contributed by atoms with Gasteiger partial charge in [-0.1, -0.05) is 19.4 Å². The first-order chi connectivity index (χ1) is 6.53. The first-order valence-electron chi connectivity index (χ1n) is 5.17. The highest BCUT2D eigenvalue weighted by Gasteiger charge is 2.15. The second-order valence-electron chi connectivity index (χ2n) is 4.38. The number of rotatable bonds is 4. The molecule has 78 valence electrons. The molecule has 2 heteroatoms. The summed E-state index contributed by atoms with van der Waals surface area (Å²) in [6.45, 7) is 6.61. The Hall–Kier alpha value is -1.18. The SMILES string of the molecule is CCCC(C)(C)Nc1cccc(N)c1. The smallest absolute Gasteiger partial charge is 0.0364 e. The fraction of sp³-hybridized carbons (Fsp3) is 0.500. The van der Waals surface area contributed by atoms with E-state index in [0.717, 1.165) is 17.8 Å². The highest BCUT2D eigenvalue weighted by Crippen LogP contribution is 2.20. The monoisotopic (exact) mass is 192 g/mol. The number of benzene rings is 1. The summed E-state index contributed by atoms with van der Waals surface area (Å²) in [5.74, 6) is 0. The molecule has 0 saturated carbocycles. The molecule has 0 aliphatic carbocycles. The van der Waals surface area contributed by atoms with E-state index in [0.29, 0.717) is 0 Å². The molecule has 0 aliphatic rings. The lowest BCUT2D eigenvalue weighted by Gasteiger charge is -2.27. The summed E-state index contributed by atoms with van der Waals surface area (Å²) < 4.78 is 0. The molecule has 14 heavy (non-hydrogen) atoms. The number of hydrogen-bond acceptors (Lipinski definition) is 2. The van der Waals surface area contributed by atoms with E-state index >= 15 is 0 Å². The number of hydrogen-bond donors (Lipinski definition) is 2. The fourth-order valence-corrected chi connectivity index (χ4v) is 1.69. The predicted octanol–water partition coefficient (Wildman–Crippen LogP) is 3.26. The Morgan fingerprint density at radius 2 is 2.07 bits per heavy atom. The third kappa shape index (κ3) is 3.29. The molecule has 0 spiro atoms. The van der Waals surface area contributed by atoms with Crippen LogP contribution in [0.2, 0.25) is 0 Å². The van der Waals surface area contributed by atoms with Crippen LogP contribution in [0.25, 0.3) is 0 Å². The van der Waals surface area contributed by atoms with Crippen molar-refractivity contribution in [1.29, 1.82) is 0 Å². The molecule has 1 aromatic carbocycles. The summed E-state index contributed by atoms with van der Waals surface area (Å²) in [5.41, 5.74) is 7.76. The van der Waals surface area contributed by atoms with Crippen LogP contribution in [-0.2, 0) is 0 Å². The van der Waals surface area contributed by atoms with Gasteiger partial charge in [-0.05, 0) is 38.5 Å². The van der Waals surface area contributed by atoms with Crippen LogP contribution in [0, 0.1) is 0 Å². The molecular weight excluding hydrogens is 172 g/mol. The molecule has 0 radical (unpaired) electrons. The van der Waals surface area contributed by atoms with E-state index in [9.17, 15) is 0 Å². The maximum Gasteiger partial charge on any atom is 0.0364 e. The molecule has 1 rings (SSSR count). The van der Waals surface area contributed by atoms with Gasteiger partial charge in [0.15, 0.2) is 0 Å². The normalized spacial score (nSPS) is 11.4. The summed E-state index contributed by atoms with van der Waals surface area (Å²) in [6, 6.07) is 7.89. The maximum atomic E-state index is 5.71. The molecular formula is C12H20N2. The van der Waals surface area contributed by atoms with Gasteiger partial charge in [-0.2, -0.15) is 0 Å². The minimum atomic E-state index is 0.141. The molecule has 0 bridgehead atoms. The molecule has 0 amide bonds. The van der Waals surface area contributed by atoms with Crippen molar-refractivity contribution in [1.82, 2.24) is 0 Å². The molecule has 0 aliphatic heterocycles. The van der Waals surface area contributed by atoms with Gasteiger partial charge in [0.2, 0.25) is 0 Å². The highest BCUT2D eigenvalue weighted by atomic mass is 15.0. The number of anilines is 2.